The molecule has 13 heterocycles. The summed E-state index contributed by atoms with van der Waals surface area (Å²) in [4.78, 5) is 56.1. The number of anilines is 10. The summed E-state index contributed by atoms with van der Waals surface area (Å²) < 4.78 is 111. The van der Waals surface area contributed by atoms with E-state index in [0.717, 1.165) is 125 Å². The number of H-pyrrole nitrogens is 4. The standard InChI is InChI=1S/C28H38ClN7O.C27H33ClN8O.C25H28ClF4N5O.C23H26ClF4N7O/c1-6-24(28(37)30-7-2)36-10-8-20(9-11-36)22-13-17(3)21(12-18(22)4)15-25-31-16-23(29)27(32-25)33-26-14-19(5)34-35-26;1-15-11-23(30-27-29-13-22(28)26(32-27)31-25-12-17(3)33-34-25)16(2)10-20(15)24-8-6-7-9-36(24)14-21-18(4)35-37-19(21)5;1-14-7-21(27)19(16-3-5-35(6-4-16)13-23(36)25(28,29)30)9-17(14)10-24-31-12-20(26)22(32-24)11-18-8-15(2)33-34-18;1-12-7-18(30-22-29-10-16(24)21(32-22)31-20-8-13(2)33-34-20)17(25)9-15(12)14-3-5-35(6-4-14)11-19(36)23(26,27)28/h12-14,16,20,24H,6-11,15H2,1-5H3,(H,30,37)(H2,31,32,33,34,35);10-13,24H,6-9,14H2,1-5H3,(H3,29,30,31,32,33,34);7-9,12,16,23,36H,3-6,10-11,13H2,1-2H3,(H,33,34);7-10,14,19,36H,3-6,11H2,1-2H3,(H3,29,30,31,32,33,34). The number of hydrogen-bond acceptors (Lipinski definition) is 26. The van der Waals surface area contributed by atoms with E-state index in [1.807, 2.05) is 86.6 Å². The summed E-state index contributed by atoms with van der Waals surface area (Å²) >= 11 is 25.2. The van der Waals surface area contributed by atoms with Gasteiger partial charge in [-0.1, -0.05) is 89.2 Å². The Labute approximate surface area is 863 Å². The molecule has 146 heavy (non-hydrogen) atoms. The summed E-state index contributed by atoms with van der Waals surface area (Å²) in [6, 6.07) is 23.3. The first-order chi connectivity index (χ1) is 69.5. The minimum absolute atomic E-state index is 0.00715. The molecule has 13 aromatic rings. The van der Waals surface area contributed by atoms with Crippen molar-refractivity contribution in [1.82, 2.24) is 111 Å². The summed E-state index contributed by atoms with van der Waals surface area (Å²) in [6.07, 6.45) is 2.32. The van der Waals surface area contributed by atoms with Gasteiger partial charge in [-0.15, -0.1) is 0 Å². The molecule has 4 unspecified atom stereocenters. The number of aryl methyl sites for hydroxylation is 12. The molecule has 17 rings (SSSR count). The van der Waals surface area contributed by atoms with E-state index in [-0.39, 0.29) is 46.3 Å². The summed E-state index contributed by atoms with van der Waals surface area (Å²) in [5.74, 6) is 5.69. The van der Waals surface area contributed by atoms with Gasteiger partial charge in [0.25, 0.3) is 0 Å². The Morgan fingerprint density at radius 2 is 0.925 bits per heavy atom. The highest BCUT2D eigenvalue weighted by atomic mass is 35.5. The van der Waals surface area contributed by atoms with Crippen molar-refractivity contribution in [2.75, 3.05) is 92.0 Å². The monoisotopic (exact) mass is 2100 g/mol. The van der Waals surface area contributed by atoms with Crippen LogP contribution in [0.3, 0.4) is 0 Å². The van der Waals surface area contributed by atoms with Crippen molar-refractivity contribution in [1.29, 1.82) is 0 Å². The van der Waals surface area contributed by atoms with Crippen molar-refractivity contribution in [3.63, 3.8) is 0 Å². The zero-order valence-corrected chi connectivity index (χ0v) is 87.1. The number of aromatic nitrogens is 17. The number of amides is 1. The largest absolute Gasteiger partial charge is 0.415 e. The first kappa shape index (κ1) is 110. The third-order valence-corrected chi connectivity index (χ3v) is 28.2. The molecular weight excluding hydrogens is 1970 g/mol. The second-order valence-electron chi connectivity index (χ2n) is 38.2. The Morgan fingerprint density at radius 1 is 0.466 bits per heavy atom. The fourth-order valence-corrected chi connectivity index (χ4v) is 19.7. The lowest BCUT2D eigenvalue weighted by Crippen LogP contribution is -2.49. The van der Waals surface area contributed by atoms with Crippen LogP contribution >= 0.6 is 46.4 Å². The lowest BCUT2D eigenvalue weighted by Gasteiger charge is -2.37. The number of carbonyl (C=O) groups excluding carboxylic acids is 1. The molecule has 4 saturated heterocycles. The van der Waals surface area contributed by atoms with Crippen LogP contribution < -0.4 is 31.9 Å². The number of alkyl halides is 6. The normalized spacial score (nSPS) is 16.1. The molecule has 4 atom stereocenters. The molecule has 12 N–H and O–H groups in total. The zero-order chi connectivity index (χ0) is 105. The lowest BCUT2D eigenvalue weighted by atomic mass is 9.84. The highest BCUT2D eigenvalue weighted by Crippen LogP contribution is 2.42. The third kappa shape index (κ3) is 29.1. The van der Waals surface area contributed by atoms with Crippen LogP contribution in [-0.4, -0.2) is 218 Å². The van der Waals surface area contributed by atoms with Gasteiger partial charge in [0.05, 0.1) is 52.4 Å². The van der Waals surface area contributed by atoms with E-state index < -0.39 is 43.5 Å². The number of aliphatic hydroxyl groups is 2. The molecule has 1 amide bonds. The molecule has 0 radical (unpaired) electrons. The summed E-state index contributed by atoms with van der Waals surface area (Å²) in [5.41, 5.74) is 21.3. The minimum atomic E-state index is -4.64. The van der Waals surface area contributed by atoms with Crippen LogP contribution in [-0.2, 0) is 30.6 Å². The molecule has 0 aliphatic carbocycles. The zero-order valence-electron chi connectivity index (χ0n) is 84.1. The van der Waals surface area contributed by atoms with Gasteiger partial charge in [-0.2, -0.15) is 56.7 Å². The van der Waals surface area contributed by atoms with Gasteiger partial charge < -0.3 is 56.4 Å². The second kappa shape index (κ2) is 49.3. The van der Waals surface area contributed by atoms with Crippen molar-refractivity contribution < 1.29 is 54.7 Å². The van der Waals surface area contributed by atoms with E-state index in [1.165, 1.54) is 70.1 Å². The van der Waals surface area contributed by atoms with Crippen LogP contribution in [0.2, 0.25) is 20.1 Å². The molecule has 0 bridgehead atoms. The molecule has 4 fully saturated rings. The van der Waals surface area contributed by atoms with Crippen molar-refractivity contribution in [2.45, 2.75) is 241 Å². The number of aromatic amines is 4. The van der Waals surface area contributed by atoms with E-state index in [0.29, 0.717) is 168 Å². The predicted molar refractivity (Wildman–Crippen MR) is 551 cm³/mol. The van der Waals surface area contributed by atoms with Gasteiger partial charge in [-0.3, -0.25) is 35.0 Å². The molecule has 31 nitrogen and oxygen atoms in total. The first-order valence-electron chi connectivity index (χ1n) is 49.0. The molecule has 0 spiro atoms. The van der Waals surface area contributed by atoms with Gasteiger partial charge in [0.15, 0.2) is 47.1 Å². The summed E-state index contributed by atoms with van der Waals surface area (Å²) in [5, 5.41) is 71.2. The van der Waals surface area contributed by atoms with E-state index in [9.17, 15) is 45.7 Å². The summed E-state index contributed by atoms with van der Waals surface area (Å²) in [6.45, 7) is 33.2. The first-order valence-corrected chi connectivity index (χ1v) is 50.5. The fraction of sp³-hybridized carbons (Fsp3) is 0.456. The van der Waals surface area contributed by atoms with Gasteiger partial charge in [0.1, 0.15) is 44.1 Å². The summed E-state index contributed by atoms with van der Waals surface area (Å²) in [7, 11) is 0. The molecule has 43 heteroatoms. The number of halogens is 12. The molecule has 9 aromatic heterocycles. The van der Waals surface area contributed by atoms with Gasteiger partial charge >= 0.3 is 12.4 Å². The number of nitrogens with one attached hydrogen (secondary N) is 10. The SMILES string of the molecule is CCNC(=O)C(CC)N1CCC(c2cc(C)c(Cc3ncc(Cl)c(Nc4cc(C)[nH]n4)n3)cc2C)CC1.Cc1cc(Cc2nc(Cc3cc(C4CCN(CC(O)C(F)(F)F)CC4)c(F)cc3C)ncc2Cl)n[nH]1.Cc1cc(Nc2nc(Nc3cc(C)c(C4CCCCN4Cc4c(C)noc4C)cc3C)ncc2Cl)n[nH]1.Cc1cc(Nc2nc(Nc3cc(C)c(C4CCN(CC(O)C(F)(F)F)CC4)cc3F)ncc2Cl)n[nH]1. The highest BCUT2D eigenvalue weighted by Gasteiger charge is 2.42. The van der Waals surface area contributed by atoms with E-state index in [4.69, 9.17) is 50.9 Å². The second-order valence-corrected chi connectivity index (χ2v) is 39.8. The van der Waals surface area contributed by atoms with Crippen LogP contribution in [0.4, 0.5) is 93.3 Å². The Kier molecular flexibility index (Phi) is 37.0. The van der Waals surface area contributed by atoms with Crippen molar-refractivity contribution in [3.05, 3.63) is 259 Å². The number of nitrogens with zero attached hydrogens (tertiary/aromatic N) is 17. The smallest absolute Gasteiger partial charge is 0.382 e. The quantitative estimate of drug-likeness (QED) is 0.0186. The maximum absolute atomic E-state index is 15.0. The van der Waals surface area contributed by atoms with E-state index >= 15 is 4.39 Å². The third-order valence-electron chi connectivity index (χ3n) is 27.1. The number of rotatable bonds is 30. The van der Waals surface area contributed by atoms with Crippen molar-refractivity contribution in [2.24, 2.45) is 0 Å². The average Bonchev–Trinajstić information content (AvgIpc) is 0.998. The Balaban J connectivity index is 0.000000154. The fourth-order valence-electron chi connectivity index (χ4n) is 19.2. The Hall–Kier alpha value is -11.9. The minimum Gasteiger partial charge on any atom is -0.382 e. The average molecular weight is 2100 g/mol. The number of hydrogen-bond donors (Lipinski definition) is 12. The van der Waals surface area contributed by atoms with Crippen molar-refractivity contribution in [3.8, 4) is 0 Å². The molecule has 0 saturated carbocycles. The molecular formula is C103H125Cl4F8N27O4. The number of likely N-dealkylation sites (N-methyl/N-ethyl adjacent to an activating group) is 1. The number of likely N-dealkylation sites (tertiary alicyclic amines) is 4. The van der Waals surface area contributed by atoms with Crippen LogP contribution in [0.1, 0.15) is 231 Å². The lowest BCUT2D eigenvalue weighted by molar-refractivity contribution is -0.209. The predicted octanol–water partition coefficient (Wildman–Crippen LogP) is 21.9. The topological polar surface area (TPSA) is 387 Å². The number of carbonyl (C=O) groups is 1. The van der Waals surface area contributed by atoms with E-state index in [2.05, 4.69) is 186 Å². The Morgan fingerprint density at radius 3 is 1.43 bits per heavy atom. The van der Waals surface area contributed by atoms with E-state index in [1.54, 1.807) is 40.5 Å². The van der Waals surface area contributed by atoms with Gasteiger partial charge in [-0.25, -0.2) is 38.7 Å². The molecule has 4 aliphatic rings. The number of β-amino-alcohol motifs (C(OH)–C–C–N with tert-alkyl or cyclic N) is 2. The molecule has 4 aliphatic heterocycles. The molecule has 4 aromatic carbocycles. The highest BCUT2D eigenvalue weighted by molar-refractivity contribution is 6.33. The Bertz CT molecular complexity index is 6610. The maximum Gasteiger partial charge on any atom is 0.415 e. The van der Waals surface area contributed by atoms with Gasteiger partial charge in [0.2, 0.25) is 17.8 Å². The number of aliphatic hydroxyl groups excluding tert-OH is 2. The van der Waals surface area contributed by atoms with Gasteiger partial charge in [-0.05, 0) is 308 Å². The van der Waals surface area contributed by atoms with Gasteiger partial charge in [0, 0.05) is 110 Å². The number of piperidine rings is 4. The van der Waals surface area contributed by atoms with Crippen LogP contribution in [0.15, 0.2) is 102 Å². The number of benzene rings is 4. The van der Waals surface area contributed by atoms with Crippen LogP contribution in [0, 0.1) is 94.7 Å². The van der Waals surface area contributed by atoms with Crippen molar-refractivity contribution >= 4 is 110 Å². The maximum atomic E-state index is 15.0. The van der Waals surface area contributed by atoms with Crippen LogP contribution in [0.5, 0.6) is 0 Å². The molecule has 780 valence electrons. The van der Waals surface area contributed by atoms with Crippen LogP contribution in [0.25, 0.3) is 0 Å².